The quantitative estimate of drug-likeness (QED) is 0.843. The van der Waals surface area contributed by atoms with Gasteiger partial charge in [-0.3, -0.25) is 9.48 Å². The van der Waals surface area contributed by atoms with Gasteiger partial charge in [0.25, 0.3) is 0 Å². The highest BCUT2D eigenvalue weighted by Crippen LogP contribution is 2.12. The number of hydrogen-bond donors (Lipinski definition) is 1. The molecule has 1 amide bonds. The first-order valence-electron chi connectivity index (χ1n) is 6.99. The van der Waals surface area contributed by atoms with E-state index in [0.717, 1.165) is 12.1 Å². The van der Waals surface area contributed by atoms with E-state index in [-0.39, 0.29) is 5.91 Å². The largest absolute Gasteiger partial charge is 0.326 e. The molecule has 106 valence electrons. The third-order valence-electron chi connectivity index (χ3n) is 3.09. The molecule has 0 bridgehead atoms. The second-order valence-corrected chi connectivity index (χ2v) is 4.76. The zero-order valence-electron chi connectivity index (χ0n) is 11.7. The van der Waals surface area contributed by atoms with Crippen molar-refractivity contribution in [1.29, 1.82) is 0 Å². The van der Waals surface area contributed by atoms with Gasteiger partial charge in [0.1, 0.15) is 12.7 Å². The zero-order chi connectivity index (χ0) is 14.2. The fourth-order valence-corrected chi connectivity index (χ4v) is 1.92. The van der Waals surface area contributed by atoms with Crippen LogP contribution in [-0.2, 0) is 17.8 Å². The number of nitrogens with zero attached hydrogens (tertiary/aromatic N) is 3. The normalized spacial score (nSPS) is 10.4. The summed E-state index contributed by atoms with van der Waals surface area (Å²) in [6, 6.07) is 8.06. The summed E-state index contributed by atoms with van der Waals surface area (Å²) in [7, 11) is 0. The van der Waals surface area contributed by atoms with Crippen LogP contribution in [0.5, 0.6) is 0 Å². The van der Waals surface area contributed by atoms with Crippen molar-refractivity contribution >= 4 is 11.6 Å². The predicted molar refractivity (Wildman–Crippen MR) is 78.3 cm³/mol. The van der Waals surface area contributed by atoms with E-state index in [0.29, 0.717) is 13.0 Å². The Kier molecular flexibility index (Phi) is 5.29. The molecular weight excluding hydrogens is 252 g/mol. The first-order valence-corrected chi connectivity index (χ1v) is 6.99. The van der Waals surface area contributed by atoms with Gasteiger partial charge in [-0.2, -0.15) is 5.10 Å². The third-order valence-corrected chi connectivity index (χ3v) is 3.09. The number of aryl methyl sites for hydroxylation is 2. The Hall–Kier alpha value is -2.17. The molecule has 20 heavy (non-hydrogen) atoms. The molecular formula is C15H20N4O. The molecule has 1 aromatic heterocycles. The number of hydrogen-bond acceptors (Lipinski definition) is 3. The lowest BCUT2D eigenvalue weighted by Crippen LogP contribution is -2.14. The van der Waals surface area contributed by atoms with Crippen molar-refractivity contribution in [3.05, 3.63) is 42.5 Å². The molecule has 0 saturated heterocycles. The van der Waals surface area contributed by atoms with E-state index in [1.54, 1.807) is 11.0 Å². The summed E-state index contributed by atoms with van der Waals surface area (Å²) >= 11 is 0. The second-order valence-electron chi connectivity index (χ2n) is 4.76. The SMILES string of the molecule is CCCCc1ccc(NC(=O)CCn2cncn2)cc1. The minimum Gasteiger partial charge on any atom is -0.326 e. The first-order chi connectivity index (χ1) is 9.78. The van der Waals surface area contributed by atoms with Gasteiger partial charge >= 0.3 is 0 Å². The maximum Gasteiger partial charge on any atom is 0.226 e. The van der Waals surface area contributed by atoms with Crippen molar-refractivity contribution in [2.24, 2.45) is 0 Å². The van der Waals surface area contributed by atoms with Gasteiger partial charge in [-0.1, -0.05) is 25.5 Å². The predicted octanol–water partition coefficient (Wildman–Crippen LogP) is 2.65. The minimum atomic E-state index is -0.0122. The van der Waals surface area contributed by atoms with E-state index in [9.17, 15) is 4.79 Å². The van der Waals surface area contributed by atoms with E-state index in [1.165, 1.54) is 24.7 Å². The fourth-order valence-electron chi connectivity index (χ4n) is 1.92. The van der Waals surface area contributed by atoms with Crippen LogP contribution in [0.25, 0.3) is 0 Å². The fraction of sp³-hybridized carbons (Fsp3) is 0.400. The molecule has 0 aliphatic carbocycles. The average Bonchev–Trinajstić information content (AvgIpc) is 2.98. The number of anilines is 1. The van der Waals surface area contributed by atoms with Gasteiger partial charge < -0.3 is 5.32 Å². The summed E-state index contributed by atoms with van der Waals surface area (Å²) in [6.45, 7) is 2.73. The Morgan fingerprint density at radius 3 is 2.75 bits per heavy atom. The Balaban J connectivity index is 1.78. The average molecular weight is 272 g/mol. The summed E-state index contributed by atoms with van der Waals surface area (Å²) in [5.74, 6) is -0.0122. The van der Waals surface area contributed by atoms with Crippen LogP contribution in [0, 0.1) is 0 Å². The highest BCUT2D eigenvalue weighted by Gasteiger charge is 2.03. The van der Waals surface area contributed by atoms with Crippen molar-refractivity contribution in [1.82, 2.24) is 14.8 Å². The minimum absolute atomic E-state index is 0.0122. The van der Waals surface area contributed by atoms with E-state index < -0.39 is 0 Å². The number of aromatic nitrogens is 3. The summed E-state index contributed by atoms with van der Waals surface area (Å²) < 4.78 is 1.65. The lowest BCUT2D eigenvalue weighted by molar-refractivity contribution is -0.116. The van der Waals surface area contributed by atoms with Crippen molar-refractivity contribution in [2.45, 2.75) is 39.2 Å². The van der Waals surface area contributed by atoms with Crippen LogP contribution in [0.3, 0.4) is 0 Å². The van der Waals surface area contributed by atoms with Crippen LogP contribution in [0.1, 0.15) is 31.7 Å². The van der Waals surface area contributed by atoms with E-state index in [4.69, 9.17) is 0 Å². The molecule has 1 N–H and O–H groups in total. The summed E-state index contributed by atoms with van der Waals surface area (Å²) in [4.78, 5) is 15.6. The third kappa shape index (κ3) is 4.50. The van der Waals surface area contributed by atoms with Crippen molar-refractivity contribution < 1.29 is 4.79 Å². The Morgan fingerprint density at radius 2 is 2.10 bits per heavy atom. The lowest BCUT2D eigenvalue weighted by Gasteiger charge is -2.06. The number of carbonyl (C=O) groups is 1. The second kappa shape index (κ2) is 7.43. The van der Waals surface area contributed by atoms with Crippen molar-refractivity contribution in [2.75, 3.05) is 5.32 Å². The maximum atomic E-state index is 11.8. The zero-order valence-corrected chi connectivity index (χ0v) is 11.7. The standard InChI is InChI=1S/C15H20N4O/c1-2-3-4-13-5-7-14(8-6-13)18-15(20)9-10-19-12-16-11-17-19/h5-8,11-12H,2-4,9-10H2,1H3,(H,18,20). The van der Waals surface area contributed by atoms with Crippen LogP contribution in [0.15, 0.2) is 36.9 Å². The van der Waals surface area contributed by atoms with Gasteiger partial charge in [0, 0.05) is 12.1 Å². The van der Waals surface area contributed by atoms with Gasteiger partial charge in [-0.15, -0.1) is 0 Å². The Morgan fingerprint density at radius 1 is 1.30 bits per heavy atom. The van der Waals surface area contributed by atoms with E-state index in [2.05, 4.69) is 34.5 Å². The maximum absolute atomic E-state index is 11.8. The molecule has 0 spiro atoms. The number of nitrogens with one attached hydrogen (secondary N) is 1. The molecule has 0 radical (unpaired) electrons. The van der Waals surface area contributed by atoms with E-state index >= 15 is 0 Å². The topological polar surface area (TPSA) is 59.8 Å². The van der Waals surface area contributed by atoms with Crippen LogP contribution in [-0.4, -0.2) is 20.7 Å². The number of unbranched alkanes of at least 4 members (excludes halogenated alkanes) is 1. The molecule has 0 aliphatic rings. The van der Waals surface area contributed by atoms with Gasteiger partial charge in [-0.25, -0.2) is 4.98 Å². The number of amides is 1. The molecule has 0 unspecified atom stereocenters. The molecule has 5 heteroatoms. The molecule has 0 fully saturated rings. The molecule has 0 aliphatic heterocycles. The summed E-state index contributed by atoms with van der Waals surface area (Å²) in [6.07, 6.45) is 6.95. The van der Waals surface area contributed by atoms with Gasteiger partial charge in [-0.05, 0) is 30.5 Å². The Bertz CT molecular complexity index is 519. The smallest absolute Gasteiger partial charge is 0.226 e. The summed E-state index contributed by atoms with van der Waals surface area (Å²) in [5.41, 5.74) is 2.15. The van der Waals surface area contributed by atoms with Gasteiger partial charge in [0.2, 0.25) is 5.91 Å². The molecule has 5 nitrogen and oxygen atoms in total. The number of benzene rings is 1. The molecule has 2 aromatic rings. The van der Waals surface area contributed by atoms with Crippen LogP contribution < -0.4 is 5.32 Å². The van der Waals surface area contributed by atoms with Crippen LogP contribution in [0.2, 0.25) is 0 Å². The van der Waals surface area contributed by atoms with Gasteiger partial charge in [0.15, 0.2) is 0 Å². The molecule has 0 atom stereocenters. The number of rotatable bonds is 7. The molecule has 1 aromatic carbocycles. The summed E-state index contributed by atoms with van der Waals surface area (Å²) in [5, 5.41) is 6.85. The highest BCUT2D eigenvalue weighted by atomic mass is 16.1. The monoisotopic (exact) mass is 272 g/mol. The highest BCUT2D eigenvalue weighted by molar-refractivity contribution is 5.90. The van der Waals surface area contributed by atoms with Crippen molar-refractivity contribution in [3.8, 4) is 0 Å². The van der Waals surface area contributed by atoms with Crippen molar-refractivity contribution in [3.63, 3.8) is 0 Å². The first kappa shape index (κ1) is 14.2. The van der Waals surface area contributed by atoms with Crippen LogP contribution >= 0.6 is 0 Å². The number of carbonyl (C=O) groups excluding carboxylic acids is 1. The van der Waals surface area contributed by atoms with Gasteiger partial charge in [0.05, 0.1) is 6.54 Å². The lowest BCUT2D eigenvalue weighted by atomic mass is 10.1. The molecule has 1 heterocycles. The Labute approximate surface area is 119 Å². The molecule has 2 rings (SSSR count). The molecule has 0 saturated carbocycles. The van der Waals surface area contributed by atoms with E-state index in [1.807, 2.05) is 12.1 Å². The van der Waals surface area contributed by atoms with Crippen LogP contribution in [0.4, 0.5) is 5.69 Å².